The van der Waals surface area contributed by atoms with Crippen LogP contribution >= 0.6 is 0 Å². The van der Waals surface area contributed by atoms with Gasteiger partial charge in [-0.3, -0.25) is 14.4 Å². The van der Waals surface area contributed by atoms with E-state index in [2.05, 4.69) is 25.0 Å². The molecule has 52 heavy (non-hydrogen) atoms. The standard InChI is InChI=1S/C37H49N3O11Si/c1-6-15-40-26-14-9-21(38-34(46)32-30(44)29(43)31(45)35(47)50-32)17-25(26)37(36(40)48)20(2)33(52(4,5)24-12-10-23(49-3)11-13-24)27(51-37)18-28(42)39-16-7-8-22(39)19-41/h6,9-14,17,20,22,27,29-33,35,41,43-45,47H,1,7-8,15-16,18-19H2,2-5H3,(H,38,46)/t20-,22+,27+,29+,30+,31-,32+,33-,35-,37+/m1/s1. The average Bonchev–Trinajstić information content (AvgIpc) is 3.79. The zero-order valence-electron chi connectivity index (χ0n) is 29.8. The van der Waals surface area contributed by atoms with E-state index < -0.39 is 62.3 Å². The van der Waals surface area contributed by atoms with Crippen molar-refractivity contribution in [2.24, 2.45) is 5.92 Å². The van der Waals surface area contributed by atoms with Crippen molar-refractivity contribution in [2.75, 3.05) is 37.0 Å². The molecule has 15 heteroatoms. The number of benzene rings is 2. The number of amides is 3. The summed E-state index contributed by atoms with van der Waals surface area (Å²) in [5.74, 6) is -1.11. The lowest BCUT2D eigenvalue weighted by Gasteiger charge is -2.37. The monoisotopic (exact) mass is 739 g/mol. The maximum Gasteiger partial charge on any atom is 0.264 e. The molecule has 0 unspecified atom stereocenters. The molecular formula is C37H49N3O11Si. The van der Waals surface area contributed by atoms with Crippen molar-refractivity contribution >= 4 is 42.4 Å². The maximum atomic E-state index is 14.8. The van der Waals surface area contributed by atoms with Gasteiger partial charge in [0.15, 0.2) is 18.0 Å². The fraction of sp³-hybridized carbons (Fsp3) is 0.541. The first-order valence-corrected chi connectivity index (χ1v) is 20.8. The van der Waals surface area contributed by atoms with Gasteiger partial charge in [-0.15, -0.1) is 6.58 Å². The predicted molar refractivity (Wildman–Crippen MR) is 193 cm³/mol. The maximum absolute atomic E-state index is 14.8. The third-order valence-electron chi connectivity index (χ3n) is 11.5. The summed E-state index contributed by atoms with van der Waals surface area (Å²) < 4.78 is 17.6. The predicted octanol–water partition coefficient (Wildman–Crippen LogP) is 0.556. The van der Waals surface area contributed by atoms with E-state index in [0.717, 1.165) is 11.6 Å². The normalized spacial score (nSPS) is 33.0. The van der Waals surface area contributed by atoms with Crippen molar-refractivity contribution in [3.8, 4) is 5.75 Å². The van der Waals surface area contributed by atoms with Crippen molar-refractivity contribution in [3.05, 3.63) is 60.7 Å². The van der Waals surface area contributed by atoms with Gasteiger partial charge >= 0.3 is 0 Å². The Morgan fingerprint density at radius 2 is 1.81 bits per heavy atom. The van der Waals surface area contributed by atoms with Crippen LogP contribution in [-0.4, -0.2) is 126 Å². The van der Waals surface area contributed by atoms with E-state index >= 15 is 0 Å². The van der Waals surface area contributed by atoms with Crippen LogP contribution in [0, 0.1) is 5.92 Å². The van der Waals surface area contributed by atoms with Gasteiger partial charge in [0.1, 0.15) is 24.1 Å². The molecule has 4 aliphatic heterocycles. The van der Waals surface area contributed by atoms with Gasteiger partial charge in [-0.25, -0.2) is 0 Å². The second kappa shape index (κ2) is 14.6. The molecule has 0 aromatic heterocycles. The number of aliphatic hydroxyl groups is 5. The first-order valence-electron chi connectivity index (χ1n) is 17.7. The number of ether oxygens (including phenoxy) is 3. The Bertz CT molecular complexity index is 1690. The summed E-state index contributed by atoms with van der Waals surface area (Å²) in [4.78, 5) is 45.4. The van der Waals surface area contributed by atoms with Gasteiger partial charge in [0.25, 0.3) is 11.8 Å². The molecule has 0 bridgehead atoms. The number of fused-ring (bicyclic) bond motifs is 2. The molecule has 2 aromatic rings. The van der Waals surface area contributed by atoms with Crippen LogP contribution in [0.25, 0.3) is 0 Å². The summed E-state index contributed by atoms with van der Waals surface area (Å²) in [5, 5.41) is 54.3. The number of nitrogens with one attached hydrogen (secondary N) is 1. The number of anilines is 2. The molecule has 6 N–H and O–H groups in total. The lowest BCUT2D eigenvalue weighted by molar-refractivity contribution is -0.274. The number of aliphatic hydroxyl groups excluding tert-OH is 5. The van der Waals surface area contributed by atoms with Crippen LogP contribution in [0.5, 0.6) is 5.75 Å². The molecule has 4 heterocycles. The fourth-order valence-corrected chi connectivity index (χ4v) is 12.8. The highest BCUT2D eigenvalue weighted by molar-refractivity contribution is 6.91. The van der Waals surface area contributed by atoms with E-state index in [0.29, 0.717) is 30.0 Å². The lowest BCUT2D eigenvalue weighted by Crippen LogP contribution is -2.60. The third-order valence-corrected chi connectivity index (χ3v) is 15.9. The number of hydrogen-bond donors (Lipinski definition) is 6. The Hall–Kier alpha value is -3.67. The van der Waals surface area contributed by atoms with Crippen molar-refractivity contribution in [1.29, 1.82) is 0 Å². The molecule has 14 nitrogen and oxygen atoms in total. The molecule has 4 aliphatic rings. The van der Waals surface area contributed by atoms with Gasteiger partial charge in [0.2, 0.25) is 5.91 Å². The second-order valence-corrected chi connectivity index (χ2v) is 19.5. The quantitative estimate of drug-likeness (QED) is 0.147. The molecule has 2 aromatic carbocycles. The van der Waals surface area contributed by atoms with Crippen molar-refractivity contribution < 1.29 is 54.1 Å². The molecule has 0 radical (unpaired) electrons. The topological polar surface area (TPSA) is 199 Å². The molecule has 3 saturated heterocycles. The molecule has 0 aliphatic carbocycles. The molecule has 10 atom stereocenters. The molecule has 6 rings (SSSR count). The van der Waals surface area contributed by atoms with E-state index in [9.17, 15) is 39.9 Å². The van der Waals surface area contributed by atoms with Gasteiger partial charge in [-0.2, -0.15) is 0 Å². The smallest absolute Gasteiger partial charge is 0.264 e. The Kier molecular flexibility index (Phi) is 10.7. The highest BCUT2D eigenvalue weighted by Gasteiger charge is 2.66. The largest absolute Gasteiger partial charge is 0.497 e. The van der Waals surface area contributed by atoms with Gasteiger partial charge < -0.3 is 54.9 Å². The number of carbonyl (C=O) groups excluding carboxylic acids is 3. The molecule has 3 amide bonds. The zero-order chi connectivity index (χ0) is 37.7. The number of nitrogens with zero attached hydrogens (tertiary/aromatic N) is 2. The van der Waals surface area contributed by atoms with E-state index in [-0.39, 0.29) is 48.7 Å². The van der Waals surface area contributed by atoms with Crippen LogP contribution in [0.15, 0.2) is 55.1 Å². The van der Waals surface area contributed by atoms with Crippen LogP contribution < -0.4 is 20.1 Å². The number of carbonyl (C=O) groups is 3. The summed E-state index contributed by atoms with van der Waals surface area (Å²) in [6.45, 7) is 10.8. The minimum Gasteiger partial charge on any atom is -0.497 e. The summed E-state index contributed by atoms with van der Waals surface area (Å²) in [6, 6.07) is 12.5. The Balaban J connectivity index is 1.41. The third kappa shape index (κ3) is 6.26. The number of methoxy groups -OCH3 is 1. The minimum atomic E-state index is -2.59. The summed E-state index contributed by atoms with van der Waals surface area (Å²) in [5.41, 5.74) is -0.543. The van der Waals surface area contributed by atoms with Crippen LogP contribution in [0.1, 0.15) is 31.7 Å². The fourth-order valence-electron chi connectivity index (χ4n) is 8.84. The van der Waals surface area contributed by atoms with E-state index in [1.165, 1.54) is 0 Å². The first-order chi connectivity index (χ1) is 24.7. The molecule has 0 saturated carbocycles. The zero-order valence-corrected chi connectivity index (χ0v) is 30.8. The summed E-state index contributed by atoms with van der Waals surface area (Å²) >= 11 is 0. The Morgan fingerprint density at radius 1 is 1.10 bits per heavy atom. The SMILES string of the molecule is C=CCN1C(=O)[C@@]2(O[C@@H](CC(=O)N3CCC[C@H]3CO)[C@H]([Si](C)(C)c3ccc(OC)cc3)[C@H]2C)c2cc(NC(=O)[C@H]3O[C@@H](O)[C@H](O)[C@@H](O)[C@@H]3O)ccc21. The van der Waals surface area contributed by atoms with Crippen molar-refractivity contribution in [3.63, 3.8) is 0 Å². The average molecular weight is 740 g/mol. The Labute approximate surface area is 303 Å². The van der Waals surface area contributed by atoms with Crippen molar-refractivity contribution in [2.45, 2.75) is 93.3 Å². The Morgan fingerprint density at radius 3 is 2.46 bits per heavy atom. The summed E-state index contributed by atoms with van der Waals surface area (Å²) in [7, 11) is -0.986. The van der Waals surface area contributed by atoms with Gasteiger partial charge in [0, 0.05) is 30.3 Å². The first kappa shape index (κ1) is 38.1. The number of rotatable bonds is 10. The number of likely N-dealkylation sites (tertiary alicyclic amines) is 1. The van der Waals surface area contributed by atoms with Crippen molar-refractivity contribution in [1.82, 2.24) is 4.90 Å². The van der Waals surface area contributed by atoms with E-state index in [1.807, 2.05) is 31.2 Å². The van der Waals surface area contributed by atoms with Gasteiger partial charge in [-0.05, 0) is 48.7 Å². The minimum absolute atomic E-state index is 0.00769. The molecule has 3 fully saturated rings. The van der Waals surface area contributed by atoms with E-state index in [4.69, 9.17) is 14.2 Å². The summed E-state index contributed by atoms with van der Waals surface area (Å²) in [6.07, 6.45) is -6.63. The van der Waals surface area contributed by atoms with Gasteiger partial charge in [0.05, 0.1) is 46.0 Å². The molecule has 1 spiro atoms. The lowest BCUT2D eigenvalue weighted by atomic mass is 9.82. The van der Waals surface area contributed by atoms with Crippen LogP contribution in [0.2, 0.25) is 18.6 Å². The highest BCUT2D eigenvalue weighted by atomic mass is 28.3. The highest BCUT2D eigenvalue weighted by Crippen LogP contribution is 2.60. The van der Waals surface area contributed by atoms with Crippen LogP contribution in [0.3, 0.4) is 0 Å². The van der Waals surface area contributed by atoms with Crippen LogP contribution in [-0.2, 0) is 29.5 Å². The number of hydrogen-bond acceptors (Lipinski definition) is 11. The molecular weight excluding hydrogens is 691 g/mol. The van der Waals surface area contributed by atoms with Gasteiger partial charge in [-0.1, -0.05) is 43.4 Å². The van der Waals surface area contributed by atoms with Crippen LogP contribution in [0.4, 0.5) is 11.4 Å². The van der Waals surface area contributed by atoms with E-state index in [1.54, 1.807) is 41.2 Å². The second-order valence-electron chi connectivity index (χ2n) is 14.8. The molecule has 282 valence electrons.